The monoisotopic (exact) mass is 412 g/mol. The smallest absolute Gasteiger partial charge is 0.333 e. The molecule has 0 amide bonds. The van der Waals surface area contributed by atoms with Crippen LogP contribution in [-0.2, 0) is 16.1 Å². The van der Waals surface area contributed by atoms with Gasteiger partial charge in [-0.15, -0.1) is 0 Å². The van der Waals surface area contributed by atoms with Crippen molar-refractivity contribution in [3.05, 3.63) is 76.3 Å². The molecule has 0 radical (unpaired) electrons. The zero-order chi connectivity index (χ0) is 20.6. The third-order valence-electron chi connectivity index (χ3n) is 4.67. The zero-order valence-electron chi connectivity index (χ0n) is 16.5. The van der Waals surface area contributed by atoms with Crippen molar-refractivity contribution in [3.63, 3.8) is 0 Å². The molecular weight excluding hydrogens is 388 g/mol. The second-order valence-corrected chi connectivity index (χ2v) is 7.32. The average molecular weight is 413 g/mol. The van der Waals surface area contributed by atoms with Gasteiger partial charge in [-0.2, -0.15) is 0 Å². The van der Waals surface area contributed by atoms with E-state index in [2.05, 4.69) is 6.92 Å². The van der Waals surface area contributed by atoms with Crippen LogP contribution in [0.15, 0.2) is 65.6 Å². The molecule has 0 N–H and O–H groups in total. The summed E-state index contributed by atoms with van der Waals surface area (Å²) in [6.45, 7) is 2.40. The van der Waals surface area contributed by atoms with Crippen molar-refractivity contribution in [1.29, 1.82) is 0 Å². The number of benzene rings is 2. The zero-order valence-corrected chi connectivity index (χ0v) is 17.3. The molecule has 0 aliphatic heterocycles. The van der Waals surface area contributed by atoms with Gasteiger partial charge in [-0.25, -0.2) is 4.79 Å². The number of aromatic nitrogens is 2. The van der Waals surface area contributed by atoms with Crippen LogP contribution < -0.4 is 5.69 Å². The molecule has 5 nitrogen and oxygen atoms in total. The van der Waals surface area contributed by atoms with E-state index in [0.29, 0.717) is 23.0 Å². The number of hydrogen-bond acceptors (Lipinski definition) is 3. The van der Waals surface area contributed by atoms with Crippen LogP contribution in [-0.4, -0.2) is 21.7 Å². The number of carbonyl (C=O) groups is 1. The Morgan fingerprint density at radius 3 is 2.41 bits per heavy atom. The molecule has 152 valence electrons. The van der Waals surface area contributed by atoms with Gasteiger partial charge in [0.05, 0.1) is 18.0 Å². The number of rotatable bonds is 9. The minimum atomic E-state index is -0.406. The fourth-order valence-corrected chi connectivity index (χ4v) is 3.28. The Bertz CT molecular complexity index is 991. The van der Waals surface area contributed by atoms with Gasteiger partial charge < -0.3 is 4.74 Å². The summed E-state index contributed by atoms with van der Waals surface area (Å²) in [6, 6.07) is 16.6. The van der Waals surface area contributed by atoms with Crippen LogP contribution in [0.3, 0.4) is 0 Å². The maximum Gasteiger partial charge on any atom is 0.333 e. The standard InChI is InChI=1S/C23H25ClN2O3/c1-2-3-4-8-15-29-22(27)17-25-16-21(18-9-6-5-7-10-18)26(23(25)28)20-13-11-19(24)12-14-20/h5-7,9-14,16H,2-4,8,15,17H2,1H3. The molecule has 0 bridgehead atoms. The molecule has 29 heavy (non-hydrogen) atoms. The van der Waals surface area contributed by atoms with Crippen molar-refractivity contribution in [1.82, 2.24) is 9.13 Å². The van der Waals surface area contributed by atoms with E-state index >= 15 is 0 Å². The number of esters is 1. The largest absolute Gasteiger partial charge is 0.464 e. The normalized spacial score (nSPS) is 10.8. The Labute approximate surface area is 175 Å². The molecule has 1 heterocycles. The maximum atomic E-state index is 13.1. The van der Waals surface area contributed by atoms with E-state index in [0.717, 1.165) is 31.2 Å². The molecular formula is C23H25ClN2O3. The molecule has 0 aliphatic carbocycles. The van der Waals surface area contributed by atoms with E-state index in [9.17, 15) is 9.59 Å². The molecule has 2 aromatic carbocycles. The van der Waals surface area contributed by atoms with Gasteiger partial charge in [0.25, 0.3) is 0 Å². The number of halogens is 1. The second-order valence-electron chi connectivity index (χ2n) is 6.88. The van der Waals surface area contributed by atoms with Crippen LogP contribution in [0.25, 0.3) is 16.9 Å². The van der Waals surface area contributed by atoms with Gasteiger partial charge in [0.2, 0.25) is 0 Å². The molecule has 6 heteroatoms. The predicted molar refractivity (Wildman–Crippen MR) is 116 cm³/mol. The average Bonchev–Trinajstić information content (AvgIpc) is 3.05. The molecule has 0 saturated carbocycles. The third kappa shape index (κ3) is 5.39. The van der Waals surface area contributed by atoms with E-state index in [1.165, 1.54) is 4.57 Å². The van der Waals surface area contributed by atoms with Crippen molar-refractivity contribution in [2.45, 2.75) is 39.2 Å². The summed E-state index contributed by atoms with van der Waals surface area (Å²) in [5.74, 6) is -0.406. The fraction of sp³-hybridized carbons (Fsp3) is 0.304. The van der Waals surface area contributed by atoms with E-state index < -0.39 is 5.97 Å². The lowest BCUT2D eigenvalue weighted by Crippen LogP contribution is -2.27. The highest BCUT2D eigenvalue weighted by atomic mass is 35.5. The molecule has 0 saturated heterocycles. The van der Waals surface area contributed by atoms with Gasteiger partial charge in [-0.3, -0.25) is 13.9 Å². The van der Waals surface area contributed by atoms with Crippen LogP contribution in [0.1, 0.15) is 32.6 Å². The minimum Gasteiger partial charge on any atom is -0.464 e. The topological polar surface area (TPSA) is 53.2 Å². The first kappa shape index (κ1) is 20.9. The minimum absolute atomic E-state index is 0.118. The number of nitrogens with zero attached hydrogens (tertiary/aromatic N) is 2. The van der Waals surface area contributed by atoms with Gasteiger partial charge in [0.1, 0.15) is 6.54 Å². The van der Waals surface area contributed by atoms with Crippen molar-refractivity contribution < 1.29 is 9.53 Å². The van der Waals surface area contributed by atoms with E-state index in [1.807, 2.05) is 30.3 Å². The molecule has 3 aromatic rings. The Kier molecular flexibility index (Phi) is 7.30. The highest BCUT2D eigenvalue weighted by molar-refractivity contribution is 6.30. The fourth-order valence-electron chi connectivity index (χ4n) is 3.16. The Balaban J connectivity index is 1.86. The summed E-state index contributed by atoms with van der Waals surface area (Å²) < 4.78 is 8.28. The number of unbranched alkanes of at least 4 members (excludes halogenated alkanes) is 3. The molecule has 0 fully saturated rings. The van der Waals surface area contributed by atoms with Gasteiger partial charge in [0, 0.05) is 16.8 Å². The highest BCUT2D eigenvalue weighted by Gasteiger charge is 2.17. The summed E-state index contributed by atoms with van der Waals surface area (Å²) in [7, 11) is 0. The highest BCUT2D eigenvalue weighted by Crippen LogP contribution is 2.22. The molecule has 0 atom stereocenters. The van der Waals surface area contributed by atoms with E-state index in [1.54, 1.807) is 35.0 Å². The summed E-state index contributed by atoms with van der Waals surface area (Å²) in [4.78, 5) is 25.3. The van der Waals surface area contributed by atoms with Crippen molar-refractivity contribution in [2.75, 3.05) is 6.61 Å². The van der Waals surface area contributed by atoms with Crippen LogP contribution >= 0.6 is 11.6 Å². The number of ether oxygens (including phenoxy) is 1. The van der Waals surface area contributed by atoms with Crippen LogP contribution in [0.2, 0.25) is 5.02 Å². The lowest BCUT2D eigenvalue weighted by atomic mass is 10.1. The number of carbonyl (C=O) groups excluding carboxylic acids is 1. The maximum absolute atomic E-state index is 13.1. The first-order chi connectivity index (χ1) is 14.1. The quantitative estimate of drug-likeness (QED) is 0.363. The summed E-state index contributed by atoms with van der Waals surface area (Å²) in [6.07, 6.45) is 5.83. The Morgan fingerprint density at radius 1 is 1.00 bits per heavy atom. The molecule has 0 spiro atoms. The summed E-state index contributed by atoms with van der Waals surface area (Å²) in [5.41, 5.74) is 1.97. The van der Waals surface area contributed by atoms with Gasteiger partial charge in [-0.05, 0) is 30.7 Å². The number of imidazole rings is 1. The molecule has 1 aromatic heterocycles. The van der Waals surface area contributed by atoms with E-state index in [-0.39, 0.29) is 12.2 Å². The molecule has 0 aliphatic rings. The molecule has 3 rings (SSSR count). The summed E-state index contributed by atoms with van der Waals surface area (Å²) >= 11 is 6.00. The lowest BCUT2D eigenvalue weighted by Gasteiger charge is -2.07. The van der Waals surface area contributed by atoms with Crippen molar-refractivity contribution in [3.8, 4) is 16.9 Å². The van der Waals surface area contributed by atoms with Gasteiger partial charge >= 0.3 is 11.7 Å². The first-order valence-electron chi connectivity index (χ1n) is 9.89. The Hall–Kier alpha value is -2.79. The molecule has 0 unspecified atom stereocenters. The van der Waals surface area contributed by atoms with E-state index in [4.69, 9.17) is 16.3 Å². The Morgan fingerprint density at radius 2 is 1.72 bits per heavy atom. The van der Waals surface area contributed by atoms with Gasteiger partial charge in [-0.1, -0.05) is 68.1 Å². The lowest BCUT2D eigenvalue weighted by molar-refractivity contribution is -0.144. The number of hydrogen-bond donors (Lipinski definition) is 0. The first-order valence-corrected chi connectivity index (χ1v) is 10.3. The van der Waals surface area contributed by atoms with Crippen LogP contribution in [0.5, 0.6) is 0 Å². The van der Waals surface area contributed by atoms with Crippen LogP contribution in [0.4, 0.5) is 0 Å². The second kappa shape index (κ2) is 10.1. The van der Waals surface area contributed by atoms with Crippen molar-refractivity contribution >= 4 is 17.6 Å². The predicted octanol–water partition coefficient (Wildman–Crippen LogP) is 5.08. The SMILES string of the molecule is CCCCCCOC(=O)Cn1cc(-c2ccccc2)n(-c2ccc(Cl)cc2)c1=O. The van der Waals surface area contributed by atoms with Crippen molar-refractivity contribution in [2.24, 2.45) is 0 Å². The van der Waals surface area contributed by atoms with Gasteiger partial charge in [0.15, 0.2) is 0 Å². The van der Waals surface area contributed by atoms with Crippen LogP contribution in [0, 0.1) is 0 Å². The third-order valence-corrected chi connectivity index (χ3v) is 4.92. The summed E-state index contributed by atoms with van der Waals surface area (Å²) in [5, 5.41) is 0.592.